The summed E-state index contributed by atoms with van der Waals surface area (Å²) in [5.74, 6) is 0.613. The van der Waals surface area contributed by atoms with Crippen molar-refractivity contribution >= 4 is 21.5 Å². The molecule has 1 heterocycles. The van der Waals surface area contributed by atoms with Gasteiger partial charge in [-0.2, -0.15) is 5.10 Å². The van der Waals surface area contributed by atoms with Crippen LogP contribution in [0.2, 0.25) is 0 Å². The van der Waals surface area contributed by atoms with Gasteiger partial charge in [0.25, 0.3) is 10.0 Å². The van der Waals surface area contributed by atoms with Gasteiger partial charge in [-0.25, -0.2) is 13.1 Å². The molecule has 1 aromatic heterocycles. The number of ether oxygens (including phenoxy) is 1. The fraction of sp³-hybridized carbons (Fsp3) is 0.308. The molecule has 0 aliphatic carbocycles. The lowest BCUT2D eigenvalue weighted by molar-refractivity contribution is 0.403. The first-order chi connectivity index (χ1) is 9.85. The Morgan fingerprint density at radius 1 is 1.33 bits per heavy atom. The predicted molar refractivity (Wildman–Crippen MR) is 80.8 cm³/mol. The minimum Gasteiger partial charge on any atom is -0.495 e. The number of sulfonamides is 1. The van der Waals surface area contributed by atoms with E-state index < -0.39 is 10.0 Å². The highest BCUT2D eigenvalue weighted by Crippen LogP contribution is 2.28. The van der Waals surface area contributed by atoms with Crippen LogP contribution in [-0.2, 0) is 10.0 Å². The Balaban J connectivity index is 2.43. The third-order valence-electron chi connectivity index (χ3n) is 2.88. The minimum atomic E-state index is -3.82. The summed E-state index contributed by atoms with van der Waals surface area (Å²) in [5, 5.41) is 4.09. The minimum absolute atomic E-state index is 0.0125. The van der Waals surface area contributed by atoms with Crippen LogP contribution in [0, 0.1) is 0 Å². The Morgan fingerprint density at radius 2 is 2.05 bits per heavy atom. The number of anilines is 2. The van der Waals surface area contributed by atoms with Crippen molar-refractivity contribution in [2.75, 3.05) is 17.6 Å². The molecular formula is C13H18N4O3S. The number of nitrogens with one attached hydrogen (secondary N) is 1. The second-order valence-electron chi connectivity index (χ2n) is 4.77. The molecule has 2 aromatic rings. The maximum absolute atomic E-state index is 12.5. The van der Waals surface area contributed by atoms with E-state index in [9.17, 15) is 8.42 Å². The van der Waals surface area contributed by atoms with Gasteiger partial charge in [-0.15, -0.1) is 0 Å². The molecule has 0 amide bonds. The Hall–Kier alpha value is -2.22. The smallest absolute Gasteiger partial charge is 0.266 e. The van der Waals surface area contributed by atoms with Gasteiger partial charge in [0.2, 0.25) is 0 Å². The van der Waals surface area contributed by atoms with Gasteiger partial charge >= 0.3 is 0 Å². The van der Waals surface area contributed by atoms with E-state index in [4.69, 9.17) is 10.5 Å². The zero-order valence-corrected chi connectivity index (χ0v) is 12.9. The molecule has 3 N–H and O–H groups in total. The third-order valence-corrected chi connectivity index (χ3v) is 4.25. The summed E-state index contributed by atoms with van der Waals surface area (Å²) < 4.78 is 34.2. The molecule has 1 aromatic carbocycles. The molecule has 0 aliphatic rings. The standard InChI is InChI=1S/C13H18N4O3S/c1-9(2)17-13(6-7-15-17)16-21(18,19)12-8-10(14)4-5-11(12)20-3/h4-9,16H,14H2,1-3H3. The average molecular weight is 310 g/mol. The number of nitrogens with zero attached hydrogens (tertiary/aromatic N) is 2. The second kappa shape index (κ2) is 5.65. The lowest BCUT2D eigenvalue weighted by Gasteiger charge is -2.15. The van der Waals surface area contributed by atoms with Crippen LogP contribution < -0.4 is 15.2 Å². The quantitative estimate of drug-likeness (QED) is 0.821. The molecule has 114 valence electrons. The van der Waals surface area contributed by atoms with E-state index >= 15 is 0 Å². The number of methoxy groups -OCH3 is 1. The second-order valence-corrected chi connectivity index (χ2v) is 6.42. The Bertz CT molecular complexity index is 738. The van der Waals surface area contributed by atoms with Crippen LogP contribution in [0.3, 0.4) is 0 Å². The predicted octanol–water partition coefficient (Wildman–Crippen LogP) is 1.86. The van der Waals surface area contributed by atoms with Gasteiger partial charge in [0.05, 0.1) is 13.3 Å². The molecule has 0 atom stereocenters. The number of hydrogen-bond donors (Lipinski definition) is 2. The Labute approximate surface area is 123 Å². The summed E-state index contributed by atoms with van der Waals surface area (Å²) in [6.07, 6.45) is 1.54. The van der Waals surface area contributed by atoms with Crippen LogP contribution in [-0.4, -0.2) is 25.3 Å². The van der Waals surface area contributed by atoms with Gasteiger partial charge in [0.1, 0.15) is 16.5 Å². The molecule has 8 heteroatoms. The number of nitrogen functional groups attached to an aromatic ring is 1. The fourth-order valence-corrected chi connectivity index (χ4v) is 3.16. The summed E-state index contributed by atoms with van der Waals surface area (Å²) >= 11 is 0. The molecule has 7 nitrogen and oxygen atoms in total. The van der Waals surface area contributed by atoms with Crippen LogP contribution in [0.1, 0.15) is 19.9 Å². The van der Waals surface area contributed by atoms with Gasteiger partial charge in [-0.3, -0.25) is 4.72 Å². The van der Waals surface area contributed by atoms with Gasteiger partial charge in [0, 0.05) is 17.8 Å². The van der Waals surface area contributed by atoms with E-state index in [2.05, 4.69) is 9.82 Å². The van der Waals surface area contributed by atoms with Gasteiger partial charge in [0.15, 0.2) is 0 Å². The molecule has 0 bridgehead atoms. The van der Waals surface area contributed by atoms with Gasteiger partial charge < -0.3 is 10.5 Å². The van der Waals surface area contributed by atoms with Crippen LogP contribution in [0.5, 0.6) is 5.75 Å². The number of nitrogens with two attached hydrogens (primary N) is 1. The molecule has 0 fully saturated rings. The lowest BCUT2D eigenvalue weighted by atomic mass is 10.3. The number of hydrogen-bond acceptors (Lipinski definition) is 5. The van der Waals surface area contributed by atoms with E-state index in [0.717, 1.165) is 0 Å². The fourth-order valence-electron chi connectivity index (χ4n) is 1.90. The van der Waals surface area contributed by atoms with E-state index in [1.165, 1.54) is 25.4 Å². The van der Waals surface area contributed by atoms with Crippen molar-refractivity contribution in [1.82, 2.24) is 9.78 Å². The maximum atomic E-state index is 12.5. The highest BCUT2D eigenvalue weighted by Gasteiger charge is 2.22. The topological polar surface area (TPSA) is 99.2 Å². The van der Waals surface area contributed by atoms with E-state index in [1.54, 1.807) is 16.8 Å². The molecule has 0 radical (unpaired) electrons. The van der Waals surface area contributed by atoms with E-state index in [0.29, 0.717) is 11.5 Å². The van der Waals surface area contributed by atoms with Crippen molar-refractivity contribution in [2.24, 2.45) is 0 Å². The molecule has 21 heavy (non-hydrogen) atoms. The van der Waals surface area contributed by atoms with Crippen LogP contribution in [0.4, 0.5) is 11.5 Å². The number of benzene rings is 1. The first kappa shape index (κ1) is 15.2. The largest absolute Gasteiger partial charge is 0.495 e. The summed E-state index contributed by atoms with van der Waals surface area (Å²) in [7, 11) is -2.41. The molecule has 0 aliphatic heterocycles. The third kappa shape index (κ3) is 3.10. The molecule has 0 saturated heterocycles. The maximum Gasteiger partial charge on any atom is 0.266 e. The van der Waals surface area contributed by atoms with Crippen molar-refractivity contribution in [2.45, 2.75) is 24.8 Å². The number of rotatable bonds is 5. The Morgan fingerprint density at radius 3 is 2.67 bits per heavy atom. The zero-order chi connectivity index (χ0) is 15.6. The Kier molecular flexibility index (Phi) is 4.08. The average Bonchev–Trinajstić information content (AvgIpc) is 2.86. The summed E-state index contributed by atoms with van der Waals surface area (Å²) in [6, 6.07) is 6.08. The molecule has 0 spiro atoms. The van der Waals surface area contributed by atoms with Crippen LogP contribution >= 0.6 is 0 Å². The lowest BCUT2D eigenvalue weighted by Crippen LogP contribution is -2.18. The zero-order valence-electron chi connectivity index (χ0n) is 12.1. The SMILES string of the molecule is COc1ccc(N)cc1S(=O)(=O)Nc1ccnn1C(C)C. The summed E-state index contributed by atoms with van der Waals surface area (Å²) in [4.78, 5) is -0.0125. The van der Waals surface area contributed by atoms with Crippen molar-refractivity contribution in [3.63, 3.8) is 0 Å². The van der Waals surface area contributed by atoms with Crippen molar-refractivity contribution in [1.29, 1.82) is 0 Å². The first-order valence-corrected chi connectivity index (χ1v) is 7.83. The molecule has 2 rings (SSSR count). The molecule has 0 unspecified atom stereocenters. The highest BCUT2D eigenvalue weighted by atomic mass is 32.2. The number of aromatic nitrogens is 2. The summed E-state index contributed by atoms with van der Waals surface area (Å²) in [5.41, 5.74) is 6.01. The molecular weight excluding hydrogens is 292 g/mol. The van der Waals surface area contributed by atoms with Crippen molar-refractivity contribution in [3.05, 3.63) is 30.5 Å². The van der Waals surface area contributed by atoms with E-state index in [-0.39, 0.29) is 16.7 Å². The van der Waals surface area contributed by atoms with Gasteiger partial charge in [-0.1, -0.05) is 0 Å². The normalized spacial score (nSPS) is 11.6. The van der Waals surface area contributed by atoms with Crippen molar-refractivity contribution < 1.29 is 13.2 Å². The highest BCUT2D eigenvalue weighted by molar-refractivity contribution is 7.92. The van der Waals surface area contributed by atoms with Gasteiger partial charge in [-0.05, 0) is 32.0 Å². The van der Waals surface area contributed by atoms with E-state index in [1.807, 2.05) is 13.8 Å². The molecule has 0 saturated carbocycles. The van der Waals surface area contributed by atoms with Crippen LogP contribution in [0.15, 0.2) is 35.4 Å². The first-order valence-electron chi connectivity index (χ1n) is 6.35. The monoisotopic (exact) mass is 310 g/mol. The van der Waals surface area contributed by atoms with Crippen LogP contribution in [0.25, 0.3) is 0 Å². The van der Waals surface area contributed by atoms with Crippen molar-refractivity contribution in [3.8, 4) is 5.75 Å². The summed E-state index contributed by atoms with van der Waals surface area (Å²) in [6.45, 7) is 3.82.